The minimum Gasteiger partial charge on any atom is -0.436 e. The van der Waals surface area contributed by atoms with E-state index in [9.17, 15) is 0 Å². The summed E-state index contributed by atoms with van der Waals surface area (Å²) in [5.41, 5.74) is 1.85. The van der Waals surface area contributed by atoms with Crippen LogP contribution in [0.25, 0.3) is 0 Å². The van der Waals surface area contributed by atoms with Crippen molar-refractivity contribution in [3.8, 4) is 11.6 Å². The van der Waals surface area contributed by atoms with Gasteiger partial charge in [0.2, 0.25) is 5.88 Å². The number of aryl methyl sites for hydroxylation is 1. The molecule has 4 heterocycles. The molecule has 1 unspecified atom stereocenters. The van der Waals surface area contributed by atoms with E-state index < -0.39 is 0 Å². The van der Waals surface area contributed by atoms with Crippen molar-refractivity contribution in [2.75, 3.05) is 19.8 Å². The van der Waals surface area contributed by atoms with Crippen LogP contribution in [-0.4, -0.2) is 45.7 Å². The summed E-state index contributed by atoms with van der Waals surface area (Å²) >= 11 is 0. The van der Waals surface area contributed by atoms with Gasteiger partial charge in [0.05, 0.1) is 29.8 Å². The molecule has 2 aromatic heterocycles. The van der Waals surface area contributed by atoms with Gasteiger partial charge in [0.25, 0.3) is 0 Å². The van der Waals surface area contributed by atoms with Gasteiger partial charge in [-0.15, -0.1) is 0 Å². The second-order valence-corrected chi connectivity index (χ2v) is 6.71. The lowest BCUT2D eigenvalue weighted by atomic mass is 10.0. The molecule has 0 saturated carbocycles. The first-order valence-electron chi connectivity index (χ1n) is 9.06. The van der Waals surface area contributed by atoms with Gasteiger partial charge in [-0.1, -0.05) is 0 Å². The summed E-state index contributed by atoms with van der Waals surface area (Å²) in [6.45, 7) is 4.78. The Morgan fingerprint density at radius 3 is 2.92 bits per heavy atom. The Hall–Kier alpha value is -2.05. The van der Waals surface area contributed by atoms with Crippen molar-refractivity contribution in [3.63, 3.8) is 0 Å². The van der Waals surface area contributed by atoms with Gasteiger partial charge in [0.1, 0.15) is 0 Å². The molecule has 2 saturated heterocycles. The van der Waals surface area contributed by atoms with Crippen LogP contribution in [0.15, 0.2) is 30.7 Å². The number of pyridine rings is 1. The van der Waals surface area contributed by atoms with Crippen molar-refractivity contribution in [3.05, 3.63) is 42.1 Å². The number of ether oxygens (including phenoxy) is 2. The standard InChI is InChI=1S/C19H24N4O2/c1-14-18(5-2-8-21-14)25-19-13-20-12-16(22-19)17-4-3-9-23(17)15-6-10-24-11-7-15/h2,5,8,12-13,15,17H,3-4,6-7,9-11H2,1H3. The quantitative estimate of drug-likeness (QED) is 0.851. The van der Waals surface area contributed by atoms with E-state index in [0.717, 1.165) is 56.2 Å². The largest absolute Gasteiger partial charge is 0.436 e. The molecule has 0 aromatic carbocycles. The molecule has 2 aliphatic rings. The highest BCUT2D eigenvalue weighted by atomic mass is 16.5. The Morgan fingerprint density at radius 1 is 1.20 bits per heavy atom. The molecular formula is C19H24N4O2. The minimum absolute atomic E-state index is 0.328. The average Bonchev–Trinajstić information content (AvgIpc) is 3.15. The van der Waals surface area contributed by atoms with Gasteiger partial charge in [0, 0.05) is 25.5 Å². The first-order chi connectivity index (χ1) is 12.3. The van der Waals surface area contributed by atoms with E-state index in [0.29, 0.717) is 18.0 Å². The summed E-state index contributed by atoms with van der Waals surface area (Å²) in [4.78, 5) is 16.0. The molecule has 2 aromatic rings. The predicted molar refractivity (Wildman–Crippen MR) is 93.6 cm³/mol. The zero-order valence-electron chi connectivity index (χ0n) is 14.6. The summed E-state index contributed by atoms with van der Waals surface area (Å²) in [6.07, 6.45) is 9.85. The molecule has 2 fully saturated rings. The molecule has 1 atom stereocenters. The van der Waals surface area contributed by atoms with E-state index in [1.165, 1.54) is 6.42 Å². The molecule has 25 heavy (non-hydrogen) atoms. The van der Waals surface area contributed by atoms with Crippen LogP contribution in [0.4, 0.5) is 0 Å². The molecule has 6 heteroatoms. The average molecular weight is 340 g/mol. The summed E-state index contributed by atoms with van der Waals surface area (Å²) in [5.74, 6) is 1.26. The Labute approximate surface area is 148 Å². The fourth-order valence-corrected chi connectivity index (χ4v) is 3.82. The van der Waals surface area contributed by atoms with Gasteiger partial charge in [-0.05, 0) is 51.3 Å². The van der Waals surface area contributed by atoms with Gasteiger partial charge in [-0.3, -0.25) is 14.9 Å². The van der Waals surface area contributed by atoms with Crippen LogP contribution in [0.1, 0.15) is 43.1 Å². The first-order valence-corrected chi connectivity index (χ1v) is 9.06. The van der Waals surface area contributed by atoms with Crippen LogP contribution in [0.3, 0.4) is 0 Å². The van der Waals surface area contributed by atoms with E-state index >= 15 is 0 Å². The molecular weight excluding hydrogens is 316 g/mol. The highest BCUT2D eigenvalue weighted by molar-refractivity contribution is 5.29. The van der Waals surface area contributed by atoms with Crippen LogP contribution >= 0.6 is 0 Å². The van der Waals surface area contributed by atoms with Gasteiger partial charge in [-0.25, -0.2) is 4.98 Å². The third-order valence-electron chi connectivity index (χ3n) is 5.10. The smallest absolute Gasteiger partial charge is 0.238 e. The van der Waals surface area contributed by atoms with Gasteiger partial charge < -0.3 is 9.47 Å². The molecule has 0 bridgehead atoms. The second kappa shape index (κ2) is 7.45. The van der Waals surface area contributed by atoms with Crippen molar-refractivity contribution >= 4 is 0 Å². The lowest BCUT2D eigenvalue weighted by molar-refractivity contribution is 0.0284. The maximum Gasteiger partial charge on any atom is 0.238 e. The zero-order valence-corrected chi connectivity index (χ0v) is 14.6. The Morgan fingerprint density at radius 2 is 2.08 bits per heavy atom. The van der Waals surface area contributed by atoms with Crippen LogP contribution in [0, 0.1) is 6.92 Å². The van der Waals surface area contributed by atoms with E-state index in [1.54, 1.807) is 12.4 Å². The Kier molecular flexibility index (Phi) is 4.90. The molecule has 0 radical (unpaired) electrons. The topological polar surface area (TPSA) is 60.4 Å². The summed E-state index contributed by atoms with van der Waals surface area (Å²) in [6, 6.07) is 4.69. The minimum atomic E-state index is 0.328. The Balaban J connectivity index is 1.53. The number of aromatic nitrogens is 3. The molecule has 132 valence electrons. The highest BCUT2D eigenvalue weighted by Gasteiger charge is 2.33. The monoisotopic (exact) mass is 340 g/mol. The number of likely N-dealkylation sites (tertiary alicyclic amines) is 1. The molecule has 0 aliphatic carbocycles. The van der Waals surface area contributed by atoms with Crippen LogP contribution in [0.2, 0.25) is 0 Å². The molecule has 4 rings (SSSR count). The SMILES string of the molecule is Cc1ncccc1Oc1cncc(C2CCCN2C2CCOCC2)n1. The lowest BCUT2D eigenvalue weighted by Gasteiger charge is -2.35. The predicted octanol–water partition coefficient (Wildman–Crippen LogP) is 3.29. The van der Waals surface area contributed by atoms with E-state index in [-0.39, 0.29) is 0 Å². The number of hydrogen-bond acceptors (Lipinski definition) is 6. The summed E-state index contributed by atoms with van der Waals surface area (Å²) in [7, 11) is 0. The maximum absolute atomic E-state index is 5.92. The van der Waals surface area contributed by atoms with E-state index in [2.05, 4.69) is 14.9 Å². The fraction of sp³-hybridized carbons (Fsp3) is 0.526. The van der Waals surface area contributed by atoms with E-state index in [4.69, 9.17) is 14.5 Å². The fourth-order valence-electron chi connectivity index (χ4n) is 3.82. The van der Waals surface area contributed by atoms with Crippen molar-refractivity contribution in [1.82, 2.24) is 19.9 Å². The van der Waals surface area contributed by atoms with Gasteiger partial charge in [0.15, 0.2) is 5.75 Å². The third kappa shape index (κ3) is 3.65. The van der Waals surface area contributed by atoms with Crippen molar-refractivity contribution in [2.45, 2.75) is 44.7 Å². The van der Waals surface area contributed by atoms with Crippen molar-refractivity contribution in [2.24, 2.45) is 0 Å². The molecule has 0 amide bonds. The highest BCUT2D eigenvalue weighted by Crippen LogP contribution is 2.35. The van der Waals surface area contributed by atoms with Crippen LogP contribution in [-0.2, 0) is 4.74 Å². The molecule has 0 N–H and O–H groups in total. The van der Waals surface area contributed by atoms with E-state index in [1.807, 2.05) is 25.3 Å². The number of hydrogen-bond donors (Lipinski definition) is 0. The maximum atomic E-state index is 5.92. The molecule has 6 nitrogen and oxygen atoms in total. The molecule has 2 aliphatic heterocycles. The Bertz CT molecular complexity index is 718. The normalized spacial score (nSPS) is 22.2. The summed E-state index contributed by atoms with van der Waals surface area (Å²) in [5, 5.41) is 0. The van der Waals surface area contributed by atoms with Gasteiger partial charge >= 0.3 is 0 Å². The van der Waals surface area contributed by atoms with Crippen molar-refractivity contribution < 1.29 is 9.47 Å². The number of rotatable bonds is 4. The van der Waals surface area contributed by atoms with Crippen LogP contribution in [0.5, 0.6) is 11.6 Å². The van der Waals surface area contributed by atoms with Crippen molar-refractivity contribution in [1.29, 1.82) is 0 Å². The third-order valence-corrected chi connectivity index (χ3v) is 5.10. The summed E-state index contributed by atoms with van der Waals surface area (Å²) < 4.78 is 11.4. The zero-order chi connectivity index (χ0) is 17.1. The number of nitrogens with zero attached hydrogens (tertiary/aromatic N) is 4. The second-order valence-electron chi connectivity index (χ2n) is 6.71. The first kappa shape index (κ1) is 16.4. The molecule has 0 spiro atoms. The van der Waals surface area contributed by atoms with Crippen LogP contribution < -0.4 is 4.74 Å². The van der Waals surface area contributed by atoms with Gasteiger partial charge in [-0.2, -0.15) is 0 Å². The lowest BCUT2D eigenvalue weighted by Crippen LogP contribution is -2.39.